The van der Waals surface area contributed by atoms with Crippen LogP contribution < -0.4 is 20.1 Å². The minimum atomic E-state index is 0.0184. The molecule has 0 bridgehead atoms. The molecular formula is C22H30N6O2. The van der Waals surface area contributed by atoms with Crippen LogP contribution in [-0.4, -0.2) is 45.9 Å². The van der Waals surface area contributed by atoms with E-state index in [0.29, 0.717) is 17.9 Å². The summed E-state index contributed by atoms with van der Waals surface area (Å²) in [6.07, 6.45) is 4.04. The van der Waals surface area contributed by atoms with Crippen molar-refractivity contribution in [3.8, 4) is 11.8 Å². The van der Waals surface area contributed by atoms with Crippen molar-refractivity contribution in [2.24, 2.45) is 0 Å². The molecule has 2 aromatic heterocycles. The van der Waals surface area contributed by atoms with E-state index in [1.807, 2.05) is 30.5 Å². The zero-order valence-corrected chi connectivity index (χ0v) is 18.1. The largest absolute Gasteiger partial charge is 0.497 e. The van der Waals surface area contributed by atoms with E-state index in [1.54, 1.807) is 11.6 Å². The lowest BCUT2D eigenvalue weighted by Crippen LogP contribution is -2.37. The molecule has 0 amide bonds. The maximum atomic E-state index is 6.14. The Morgan fingerprint density at radius 2 is 1.97 bits per heavy atom. The van der Waals surface area contributed by atoms with Crippen molar-refractivity contribution in [3.05, 3.63) is 41.6 Å². The molecule has 1 saturated heterocycles. The predicted octanol–water partition coefficient (Wildman–Crippen LogP) is 3.56. The van der Waals surface area contributed by atoms with Crippen molar-refractivity contribution in [1.29, 1.82) is 0 Å². The summed E-state index contributed by atoms with van der Waals surface area (Å²) in [6, 6.07) is 8.41. The van der Waals surface area contributed by atoms with Crippen LogP contribution in [0.25, 0.3) is 5.65 Å². The van der Waals surface area contributed by atoms with Gasteiger partial charge in [0.15, 0.2) is 5.65 Å². The van der Waals surface area contributed by atoms with Crippen LogP contribution >= 0.6 is 0 Å². The molecule has 0 radical (unpaired) electrons. The van der Waals surface area contributed by atoms with E-state index in [9.17, 15) is 0 Å². The van der Waals surface area contributed by atoms with Gasteiger partial charge >= 0.3 is 6.01 Å². The van der Waals surface area contributed by atoms with Crippen LogP contribution in [0.15, 0.2) is 30.5 Å². The van der Waals surface area contributed by atoms with Crippen molar-refractivity contribution in [2.75, 3.05) is 25.5 Å². The van der Waals surface area contributed by atoms with Gasteiger partial charge in [0, 0.05) is 12.1 Å². The van der Waals surface area contributed by atoms with Gasteiger partial charge in [0.1, 0.15) is 11.9 Å². The second kappa shape index (κ2) is 8.87. The molecule has 0 saturated carbocycles. The van der Waals surface area contributed by atoms with Gasteiger partial charge in [-0.1, -0.05) is 26.0 Å². The number of anilines is 1. The first kappa shape index (κ1) is 20.4. The summed E-state index contributed by atoms with van der Waals surface area (Å²) in [6.45, 7) is 8.21. The monoisotopic (exact) mass is 410 g/mol. The first-order chi connectivity index (χ1) is 14.5. The third-order valence-electron chi connectivity index (χ3n) is 5.48. The maximum Gasteiger partial charge on any atom is 0.322 e. The Morgan fingerprint density at radius 1 is 1.17 bits per heavy atom. The summed E-state index contributed by atoms with van der Waals surface area (Å²) in [4.78, 5) is 9.37. The topological polar surface area (TPSA) is 85.6 Å². The molecule has 0 spiro atoms. The smallest absolute Gasteiger partial charge is 0.322 e. The Hall–Kier alpha value is -2.87. The molecule has 0 aliphatic carbocycles. The molecule has 1 aliphatic rings. The highest BCUT2D eigenvalue weighted by Gasteiger charge is 2.21. The molecular weight excluding hydrogens is 380 g/mol. The number of ether oxygens (including phenoxy) is 2. The van der Waals surface area contributed by atoms with Gasteiger partial charge in [-0.25, -0.2) is 0 Å². The van der Waals surface area contributed by atoms with E-state index in [-0.39, 0.29) is 12.1 Å². The average Bonchev–Trinajstić information content (AvgIpc) is 3.19. The van der Waals surface area contributed by atoms with Gasteiger partial charge in [-0.3, -0.25) is 0 Å². The molecule has 2 atom stereocenters. The van der Waals surface area contributed by atoms with Crippen molar-refractivity contribution in [2.45, 2.75) is 51.7 Å². The van der Waals surface area contributed by atoms with Crippen LogP contribution in [0.2, 0.25) is 0 Å². The number of fused-ring (bicyclic) bond motifs is 1. The van der Waals surface area contributed by atoms with Crippen LogP contribution in [0.4, 0.5) is 5.95 Å². The third kappa shape index (κ3) is 4.33. The number of methoxy groups -OCH3 is 1. The fourth-order valence-corrected chi connectivity index (χ4v) is 3.67. The van der Waals surface area contributed by atoms with Crippen LogP contribution in [-0.2, 0) is 0 Å². The number of hydrogen-bond donors (Lipinski definition) is 2. The fourth-order valence-electron chi connectivity index (χ4n) is 3.67. The molecule has 1 fully saturated rings. The molecule has 30 heavy (non-hydrogen) atoms. The minimum absolute atomic E-state index is 0.0184. The molecule has 1 aromatic carbocycles. The van der Waals surface area contributed by atoms with E-state index in [0.717, 1.165) is 48.5 Å². The molecule has 8 nitrogen and oxygen atoms in total. The molecule has 1 aliphatic heterocycles. The maximum absolute atomic E-state index is 6.14. The zero-order chi connectivity index (χ0) is 21.1. The van der Waals surface area contributed by atoms with E-state index in [2.05, 4.69) is 41.5 Å². The van der Waals surface area contributed by atoms with Crippen LogP contribution in [0.5, 0.6) is 11.8 Å². The van der Waals surface area contributed by atoms with Gasteiger partial charge < -0.3 is 20.1 Å². The summed E-state index contributed by atoms with van der Waals surface area (Å²) in [5.74, 6) is 1.75. The SMILES string of the molecule is COc1ccc([C@H](C)Nc2nc(O[C@@H]3CCCNC3)nc3c(C(C)C)cnn23)cc1. The summed E-state index contributed by atoms with van der Waals surface area (Å²) < 4.78 is 13.2. The first-order valence-electron chi connectivity index (χ1n) is 10.6. The van der Waals surface area contributed by atoms with E-state index < -0.39 is 0 Å². The standard InChI is InChI=1S/C22H30N6O2/c1-14(2)19-13-24-28-20(19)26-22(30-18-6-5-11-23-12-18)27-21(28)25-15(3)16-7-9-17(29-4)10-8-16/h7-10,13-15,18,23H,5-6,11-12H2,1-4H3,(H,25,26,27)/t15-,18+/m0/s1. The highest BCUT2D eigenvalue weighted by atomic mass is 16.5. The third-order valence-corrected chi connectivity index (χ3v) is 5.48. The minimum Gasteiger partial charge on any atom is -0.497 e. The second-order valence-corrected chi connectivity index (χ2v) is 8.05. The Balaban J connectivity index is 1.65. The quantitative estimate of drug-likeness (QED) is 0.616. The molecule has 3 aromatic rings. The number of nitrogens with zero attached hydrogens (tertiary/aromatic N) is 4. The highest BCUT2D eigenvalue weighted by Crippen LogP contribution is 2.26. The summed E-state index contributed by atoms with van der Waals surface area (Å²) >= 11 is 0. The van der Waals surface area contributed by atoms with Gasteiger partial charge in [0.05, 0.1) is 19.3 Å². The first-order valence-corrected chi connectivity index (χ1v) is 10.6. The Morgan fingerprint density at radius 3 is 2.63 bits per heavy atom. The zero-order valence-electron chi connectivity index (χ0n) is 18.1. The normalized spacial score (nSPS) is 17.8. The van der Waals surface area contributed by atoms with Crippen molar-refractivity contribution >= 4 is 11.6 Å². The Labute approximate surface area is 177 Å². The lowest BCUT2D eigenvalue weighted by molar-refractivity contribution is 0.153. The fraction of sp³-hybridized carbons (Fsp3) is 0.500. The second-order valence-electron chi connectivity index (χ2n) is 8.05. The van der Waals surface area contributed by atoms with Crippen LogP contribution in [0.3, 0.4) is 0 Å². The lowest BCUT2D eigenvalue weighted by atomic mass is 10.1. The lowest BCUT2D eigenvalue weighted by Gasteiger charge is -2.23. The number of aromatic nitrogens is 4. The Kier molecular flexibility index (Phi) is 6.03. The predicted molar refractivity (Wildman–Crippen MR) is 116 cm³/mol. The number of rotatable bonds is 7. The number of nitrogens with one attached hydrogen (secondary N) is 2. The number of piperidine rings is 1. The van der Waals surface area contributed by atoms with E-state index >= 15 is 0 Å². The van der Waals surface area contributed by atoms with E-state index in [1.165, 1.54) is 0 Å². The number of benzene rings is 1. The number of hydrogen-bond acceptors (Lipinski definition) is 7. The van der Waals surface area contributed by atoms with Gasteiger partial charge in [-0.05, 0) is 49.9 Å². The summed E-state index contributed by atoms with van der Waals surface area (Å²) in [7, 11) is 1.67. The van der Waals surface area contributed by atoms with E-state index in [4.69, 9.17) is 14.5 Å². The molecule has 0 unspecified atom stereocenters. The van der Waals surface area contributed by atoms with Crippen molar-refractivity contribution in [3.63, 3.8) is 0 Å². The van der Waals surface area contributed by atoms with Gasteiger partial charge in [0.2, 0.25) is 5.95 Å². The average molecular weight is 411 g/mol. The molecule has 3 heterocycles. The van der Waals surface area contributed by atoms with Gasteiger partial charge in [-0.2, -0.15) is 19.6 Å². The molecule has 160 valence electrons. The molecule has 8 heteroatoms. The van der Waals surface area contributed by atoms with Crippen molar-refractivity contribution < 1.29 is 9.47 Å². The van der Waals surface area contributed by atoms with Crippen LogP contribution in [0, 0.1) is 0 Å². The Bertz CT molecular complexity index is 979. The van der Waals surface area contributed by atoms with Gasteiger partial charge in [0.25, 0.3) is 0 Å². The summed E-state index contributed by atoms with van der Waals surface area (Å²) in [5, 5.41) is 11.4. The molecule has 4 rings (SSSR count). The molecule has 2 N–H and O–H groups in total. The van der Waals surface area contributed by atoms with Crippen molar-refractivity contribution in [1.82, 2.24) is 24.9 Å². The van der Waals surface area contributed by atoms with Gasteiger partial charge in [-0.15, -0.1) is 0 Å². The summed E-state index contributed by atoms with van der Waals surface area (Å²) in [5.41, 5.74) is 2.98. The van der Waals surface area contributed by atoms with Crippen LogP contribution in [0.1, 0.15) is 56.7 Å². The highest BCUT2D eigenvalue weighted by molar-refractivity contribution is 5.53.